The molecule has 1 heterocycles. The number of nitrogens with zero attached hydrogens (tertiary/aromatic N) is 2. The molecule has 0 radical (unpaired) electrons. The highest BCUT2D eigenvalue weighted by Crippen LogP contribution is 2.18. The first-order chi connectivity index (χ1) is 14.7. The van der Waals surface area contributed by atoms with Gasteiger partial charge in [0.05, 0.1) is 6.54 Å². The molecule has 30 heavy (non-hydrogen) atoms. The lowest BCUT2D eigenvalue weighted by atomic mass is 10.1. The Hall–Kier alpha value is -3.57. The highest BCUT2D eigenvalue weighted by molar-refractivity contribution is 6.30. The Morgan fingerprint density at radius 2 is 1.73 bits per heavy atom. The minimum Gasteiger partial charge on any atom is -0.489 e. The number of rotatable bonds is 7. The third-order valence-corrected chi connectivity index (χ3v) is 4.72. The van der Waals surface area contributed by atoms with Crippen LogP contribution in [0.25, 0.3) is 0 Å². The van der Waals surface area contributed by atoms with E-state index in [-0.39, 0.29) is 5.91 Å². The second-order valence-electron chi connectivity index (χ2n) is 6.78. The highest BCUT2D eigenvalue weighted by Gasteiger charge is 2.09. The van der Waals surface area contributed by atoms with Gasteiger partial charge in [0.2, 0.25) is 0 Å². The molecule has 0 fully saturated rings. The molecule has 1 N–H and O–H groups in total. The second kappa shape index (κ2) is 9.29. The molecule has 0 spiro atoms. The average Bonchev–Trinajstić information content (AvgIpc) is 3.20. The molecule has 0 atom stereocenters. The first-order valence-electron chi connectivity index (χ1n) is 9.52. The van der Waals surface area contributed by atoms with Gasteiger partial charge in [0, 0.05) is 22.8 Å². The Bertz CT molecular complexity index is 1120. The fraction of sp³-hybridized carbons (Fsp3) is 0.0833. The van der Waals surface area contributed by atoms with Crippen molar-refractivity contribution in [2.45, 2.75) is 13.2 Å². The third kappa shape index (κ3) is 5.27. The van der Waals surface area contributed by atoms with Crippen molar-refractivity contribution in [3.63, 3.8) is 0 Å². The summed E-state index contributed by atoms with van der Waals surface area (Å²) in [6.45, 7) is 1.05. The van der Waals surface area contributed by atoms with Crippen LogP contribution in [-0.2, 0) is 13.2 Å². The van der Waals surface area contributed by atoms with Crippen molar-refractivity contribution < 1.29 is 9.53 Å². The minimum absolute atomic E-state index is 0.206. The lowest BCUT2D eigenvalue weighted by Gasteiger charge is -2.07. The molecule has 0 unspecified atom stereocenters. The normalized spacial score (nSPS) is 10.6. The minimum atomic E-state index is -0.206. The number of benzene rings is 3. The van der Waals surface area contributed by atoms with Gasteiger partial charge in [-0.3, -0.25) is 9.48 Å². The fourth-order valence-electron chi connectivity index (χ4n) is 2.95. The van der Waals surface area contributed by atoms with Crippen LogP contribution in [-0.4, -0.2) is 15.7 Å². The van der Waals surface area contributed by atoms with Crippen LogP contribution < -0.4 is 10.1 Å². The zero-order chi connectivity index (χ0) is 20.8. The van der Waals surface area contributed by atoms with E-state index >= 15 is 0 Å². The van der Waals surface area contributed by atoms with Crippen LogP contribution >= 0.6 is 11.6 Å². The van der Waals surface area contributed by atoms with Gasteiger partial charge in [0.1, 0.15) is 12.4 Å². The van der Waals surface area contributed by atoms with E-state index < -0.39 is 0 Å². The third-order valence-electron chi connectivity index (χ3n) is 4.49. The van der Waals surface area contributed by atoms with Crippen LogP contribution in [0.5, 0.6) is 5.75 Å². The smallest absolute Gasteiger partial charge is 0.256 e. The van der Waals surface area contributed by atoms with Gasteiger partial charge in [-0.2, -0.15) is 5.10 Å². The molecule has 0 aliphatic heterocycles. The summed E-state index contributed by atoms with van der Waals surface area (Å²) in [7, 11) is 0. The van der Waals surface area contributed by atoms with Gasteiger partial charge in [-0.25, -0.2) is 0 Å². The molecule has 1 amide bonds. The Morgan fingerprint density at radius 1 is 0.933 bits per heavy atom. The van der Waals surface area contributed by atoms with Crippen molar-refractivity contribution in [2.75, 3.05) is 5.32 Å². The van der Waals surface area contributed by atoms with Crippen LogP contribution in [0, 0.1) is 0 Å². The number of carbonyl (C=O) groups excluding carboxylic acids is 1. The molecular weight excluding hydrogens is 398 g/mol. The SMILES string of the molecule is O=C(Nc1ccn(Cc2ccccc2)n1)c1ccc(COc2cccc(Cl)c2)cc1. The summed E-state index contributed by atoms with van der Waals surface area (Å²) in [5, 5.41) is 7.87. The Balaban J connectivity index is 1.32. The molecule has 0 aliphatic carbocycles. The molecule has 3 aromatic carbocycles. The van der Waals surface area contributed by atoms with Gasteiger partial charge in [-0.15, -0.1) is 0 Å². The highest BCUT2D eigenvalue weighted by atomic mass is 35.5. The quantitative estimate of drug-likeness (QED) is 0.437. The molecule has 4 rings (SSSR count). The van der Waals surface area contributed by atoms with E-state index in [1.165, 1.54) is 0 Å². The predicted molar refractivity (Wildman–Crippen MR) is 118 cm³/mol. The van der Waals surface area contributed by atoms with Gasteiger partial charge in [0.25, 0.3) is 5.91 Å². The number of anilines is 1. The number of nitrogens with one attached hydrogen (secondary N) is 1. The molecule has 0 aliphatic rings. The van der Waals surface area contributed by atoms with E-state index in [9.17, 15) is 4.79 Å². The Labute approximate surface area is 179 Å². The summed E-state index contributed by atoms with van der Waals surface area (Å²) < 4.78 is 7.52. The molecular formula is C24H20ClN3O2. The van der Waals surface area contributed by atoms with E-state index in [1.807, 2.05) is 60.8 Å². The lowest BCUT2D eigenvalue weighted by Crippen LogP contribution is -2.13. The Morgan fingerprint density at radius 3 is 2.50 bits per heavy atom. The van der Waals surface area contributed by atoms with E-state index in [0.29, 0.717) is 35.3 Å². The van der Waals surface area contributed by atoms with Crippen molar-refractivity contribution in [1.82, 2.24) is 9.78 Å². The van der Waals surface area contributed by atoms with Crippen molar-refractivity contribution in [2.24, 2.45) is 0 Å². The second-order valence-corrected chi connectivity index (χ2v) is 7.22. The number of halogens is 1. The summed E-state index contributed by atoms with van der Waals surface area (Å²) >= 11 is 5.96. The number of hydrogen-bond acceptors (Lipinski definition) is 3. The number of hydrogen-bond donors (Lipinski definition) is 1. The molecule has 5 nitrogen and oxygen atoms in total. The zero-order valence-electron chi connectivity index (χ0n) is 16.2. The number of carbonyl (C=O) groups is 1. The van der Waals surface area contributed by atoms with Crippen LogP contribution in [0.15, 0.2) is 91.1 Å². The molecule has 0 saturated carbocycles. The van der Waals surface area contributed by atoms with Crippen LogP contribution in [0.4, 0.5) is 5.82 Å². The fourth-order valence-corrected chi connectivity index (χ4v) is 3.13. The largest absolute Gasteiger partial charge is 0.489 e. The van der Waals surface area contributed by atoms with Gasteiger partial charge in [-0.05, 0) is 41.5 Å². The molecule has 6 heteroatoms. The standard InChI is InChI=1S/C24H20ClN3O2/c25-21-7-4-8-22(15-21)30-17-19-9-11-20(12-10-19)24(29)26-23-13-14-28(27-23)16-18-5-2-1-3-6-18/h1-15H,16-17H2,(H,26,27,29). The summed E-state index contributed by atoms with van der Waals surface area (Å²) in [6, 6.07) is 26.4. The summed E-state index contributed by atoms with van der Waals surface area (Å²) in [6.07, 6.45) is 1.85. The van der Waals surface area contributed by atoms with Crippen molar-refractivity contribution >= 4 is 23.3 Å². The summed E-state index contributed by atoms with van der Waals surface area (Å²) in [5.41, 5.74) is 2.66. The first kappa shape index (κ1) is 19.7. The number of ether oxygens (including phenoxy) is 1. The molecule has 0 saturated heterocycles. The number of aromatic nitrogens is 2. The van der Waals surface area contributed by atoms with E-state index in [0.717, 1.165) is 11.1 Å². The van der Waals surface area contributed by atoms with Crippen LogP contribution in [0.1, 0.15) is 21.5 Å². The van der Waals surface area contributed by atoms with Crippen LogP contribution in [0.3, 0.4) is 0 Å². The van der Waals surface area contributed by atoms with E-state index in [2.05, 4.69) is 10.4 Å². The van der Waals surface area contributed by atoms with Gasteiger partial charge in [0.15, 0.2) is 5.82 Å². The maximum absolute atomic E-state index is 12.5. The molecule has 0 bridgehead atoms. The van der Waals surface area contributed by atoms with Gasteiger partial charge >= 0.3 is 0 Å². The predicted octanol–water partition coefficient (Wildman–Crippen LogP) is 5.42. The zero-order valence-corrected chi connectivity index (χ0v) is 16.9. The first-order valence-corrected chi connectivity index (χ1v) is 9.89. The maximum atomic E-state index is 12.5. The van der Waals surface area contributed by atoms with Gasteiger partial charge < -0.3 is 10.1 Å². The number of amides is 1. The monoisotopic (exact) mass is 417 g/mol. The van der Waals surface area contributed by atoms with E-state index in [1.54, 1.807) is 35.0 Å². The van der Waals surface area contributed by atoms with E-state index in [4.69, 9.17) is 16.3 Å². The molecule has 4 aromatic rings. The van der Waals surface area contributed by atoms with Gasteiger partial charge in [-0.1, -0.05) is 60.1 Å². The topological polar surface area (TPSA) is 56.2 Å². The lowest BCUT2D eigenvalue weighted by molar-refractivity contribution is 0.102. The van der Waals surface area contributed by atoms with Crippen molar-refractivity contribution in [3.05, 3.63) is 113 Å². The average molecular weight is 418 g/mol. The Kier molecular flexibility index (Phi) is 6.11. The van der Waals surface area contributed by atoms with Crippen molar-refractivity contribution in [1.29, 1.82) is 0 Å². The molecule has 1 aromatic heterocycles. The maximum Gasteiger partial charge on any atom is 0.256 e. The van der Waals surface area contributed by atoms with Crippen molar-refractivity contribution in [3.8, 4) is 5.75 Å². The molecule has 150 valence electrons. The van der Waals surface area contributed by atoms with Crippen LogP contribution in [0.2, 0.25) is 5.02 Å². The summed E-state index contributed by atoms with van der Waals surface area (Å²) in [5.74, 6) is 1.02. The summed E-state index contributed by atoms with van der Waals surface area (Å²) in [4.78, 5) is 12.5.